The lowest BCUT2D eigenvalue weighted by Crippen LogP contribution is -1.90. The highest BCUT2D eigenvalue weighted by molar-refractivity contribution is 9.10. The number of rotatable bonds is 1. The zero-order chi connectivity index (χ0) is 4.99. The Labute approximate surface area is 44.9 Å². The van der Waals surface area contributed by atoms with Gasteiger partial charge in [0.1, 0.15) is 11.1 Å². The minimum atomic E-state index is -0.405. The summed E-state index contributed by atoms with van der Waals surface area (Å²) in [5.74, 6) is 2.16. The zero-order valence-corrected chi connectivity index (χ0v) is 4.60. The molecule has 0 bridgehead atoms. The number of halogens is 1. The van der Waals surface area contributed by atoms with Crippen molar-refractivity contribution >= 4 is 22.2 Å². The third-order valence-electron chi connectivity index (χ3n) is 0.279. The lowest BCUT2D eigenvalue weighted by molar-refractivity contribution is -0.106. The van der Waals surface area contributed by atoms with Crippen LogP contribution in [-0.2, 0) is 4.79 Å². The van der Waals surface area contributed by atoms with Crippen LogP contribution in [0.15, 0.2) is 0 Å². The van der Waals surface area contributed by atoms with Crippen molar-refractivity contribution < 1.29 is 4.79 Å². The maximum Gasteiger partial charge on any atom is 0.145 e. The molecule has 0 aromatic rings. The van der Waals surface area contributed by atoms with E-state index >= 15 is 0 Å². The van der Waals surface area contributed by atoms with Crippen molar-refractivity contribution in [1.29, 1.82) is 0 Å². The Hall–Kier alpha value is -0.290. The Morgan fingerprint density at radius 1 is 2.00 bits per heavy atom. The van der Waals surface area contributed by atoms with Crippen molar-refractivity contribution in [3.05, 3.63) is 0 Å². The molecule has 0 N–H and O–H groups in total. The number of aldehydes is 1. The summed E-state index contributed by atoms with van der Waals surface area (Å²) >= 11 is 2.87. The van der Waals surface area contributed by atoms with Crippen LogP contribution in [0.4, 0.5) is 0 Å². The molecule has 0 saturated carbocycles. The van der Waals surface area contributed by atoms with Gasteiger partial charge in [-0.2, -0.15) is 0 Å². The van der Waals surface area contributed by atoms with E-state index in [1.165, 1.54) is 0 Å². The highest BCUT2D eigenvalue weighted by Crippen LogP contribution is 1.88. The summed E-state index contributed by atoms with van der Waals surface area (Å²) in [7, 11) is 0. The van der Waals surface area contributed by atoms with Crippen LogP contribution < -0.4 is 0 Å². The number of carbonyl (C=O) groups excluding carboxylic acids is 1. The first-order valence-corrected chi connectivity index (χ1v) is 2.28. The molecule has 0 spiro atoms. The molecule has 0 rings (SSSR count). The minimum Gasteiger partial charge on any atom is -0.301 e. The van der Waals surface area contributed by atoms with Crippen LogP contribution in [0, 0.1) is 12.3 Å². The highest BCUT2D eigenvalue weighted by Gasteiger charge is 1.87. The Morgan fingerprint density at radius 3 is 2.50 bits per heavy atom. The number of hydrogen-bond donors (Lipinski definition) is 0. The summed E-state index contributed by atoms with van der Waals surface area (Å²) in [6.07, 6.45) is 5.41. The summed E-state index contributed by atoms with van der Waals surface area (Å²) in [5, 5.41) is 0. The number of carbonyl (C=O) groups is 1. The number of alkyl halides is 1. The molecular weight excluding hydrogens is 144 g/mol. The van der Waals surface area contributed by atoms with Crippen LogP contribution in [0.5, 0.6) is 0 Å². The molecule has 0 saturated heterocycles. The van der Waals surface area contributed by atoms with Crippen LogP contribution in [0.25, 0.3) is 0 Å². The van der Waals surface area contributed by atoms with Gasteiger partial charge in [0.25, 0.3) is 0 Å². The monoisotopic (exact) mass is 146 g/mol. The summed E-state index contributed by atoms with van der Waals surface area (Å²) in [6, 6.07) is 0. The lowest BCUT2D eigenvalue weighted by atomic mass is 10.5. The van der Waals surface area contributed by atoms with E-state index in [4.69, 9.17) is 6.42 Å². The fourth-order valence-corrected chi connectivity index (χ4v) is 0.0393. The number of hydrogen-bond acceptors (Lipinski definition) is 1. The van der Waals surface area contributed by atoms with Crippen LogP contribution in [0.1, 0.15) is 0 Å². The normalized spacial score (nSPS) is 12.0. The minimum absolute atomic E-state index is 0.405. The summed E-state index contributed by atoms with van der Waals surface area (Å²) in [6.45, 7) is 0. The van der Waals surface area contributed by atoms with Gasteiger partial charge >= 0.3 is 0 Å². The van der Waals surface area contributed by atoms with E-state index in [-0.39, 0.29) is 0 Å². The van der Waals surface area contributed by atoms with Crippen molar-refractivity contribution in [1.82, 2.24) is 0 Å². The van der Waals surface area contributed by atoms with Crippen molar-refractivity contribution in [3.8, 4) is 12.3 Å². The van der Waals surface area contributed by atoms with Gasteiger partial charge in [0.15, 0.2) is 0 Å². The van der Waals surface area contributed by atoms with E-state index in [9.17, 15) is 4.79 Å². The second-order valence-corrected chi connectivity index (χ2v) is 1.69. The molecular formula is C4H3BrO. The third kappa shape index (κ3) is 1.98. The second-order valence-electron chi connectivity index (χ2n) is 0.705. The Morgan fingerprint density at radius 2 is 2.50 bits per heavy atom. The van der Waals surface area contributed by atoms with Gasteiger partial charge in [0.2, 0.25) is 0 Å². The molecule has 32 valence electrons. The molecule has 0 radical (unpaired) electrons. The molecule has 1 unspecified atom stereocenters. The van der Waals surface area contributed by atoms with Gasteiger partial charge in [-0.05, 0) is 0 Å². The van der Waals surface area contributed by atoms with E-state index in [1.54, 1.807) is 0 Å². The smallest absolute Gasteiger partial charge is 0.145 e. The average molecular weight is 147 g/mol. The molecule has 0 aliphatic heterocycles. The maximum absolute atomic E-state index is 9.55. The Balaban J connectivity index is 3.30. The first-order valence-electron chi connectivity index (χ1n) is 1.36. The van der Waals surface area contributed by atoms with Crippen molar-refractivity contribution in [2.75, 3.05) is 0 Å². The van der Waals surface area contributed by atoms with Gasteiger partial charge in [-0.1, -0.05) is 21.9 Å². The molecule has 0 fully saturated rings. The fraction of sp³-hybridized carbons (Fsp3) is 0.250. The molecule has 6 heavy (non-hydrogen) atoms. The SMILES string of the molecule is C#CC(Br)C=O. The van der Waals surface area contributed by atoms with E-state index in [0.29, 0.717) is 6.29 Å². The van der Waals surface area contributed by atoms with Gasteiger partial charge in [-0.3, -0.25) is 0 Å². The molecule has 2 heteroatoms. The fourth-order valence-electron chi connectivity index (χ4n) is 0.0393. The second kappa shape index (κ2) is 2.92. The standard InChI is InChI=1S/C4H3BrO/c1-2-4(5)3-6/h1,3-4H. The van der Waals surface area contributed by atoms with Gasteiger partial charge in [-0.25, -0.2) is 0 Å². The van der Waals surface area contributed by atoms with E-state index in [0.717, 1.165) is 0 Å². The molecule has 0 aromatic heterocycles. The average Bonchev–Trinajstić information content (AvgIpc) is 1.65. The maximum atomic E-state index is 9.55. The largest absolute Gasteiger partial charge is 0.301 e. The third-order valence-corrected chi connectivity index (χ3v) is 0.759. The molecule has 0 heterocycles. The molecule has 1 atom stereocenters. The summed E-state index contributed by atoms with van der Waals surface area (Å²) in [5.41, 5.74) is 0. The van der Waals surface area contributed by atoms with Gasteiger partial charge < -0.3 is 4.79 Å². The van der Waals surface area contributed by atoms with Gasteiger partial charge in [0, 0.05) is 0 Å². The van der Waals surface area contributed by atoms with Gasteiger partial charge in [0.05, 0.1) is 0 Å². The lowest BCUT2D eigenvalue weighted by Gasteiger charge is -1.77. The van der Waals surface area contributed by atoms with E-state index in [1.807, 2.05) is 0 Å². The first-order chi connectivity index (χ1) is 2.81. The molecule has 0 aliphatic rings. The quantitative estimate of drug-likeness (QED) is 0.301. The topological polar surface area (TPSA) is 17.1 Å². The first kappa shape index (κ1) is 5.71. The number of terminal acetylenes is 1. The van der Waals surface area contributed by atoms with Crippen molar-refractivity contribution in [2.24, 2.45) is 0 Å². The van der Waals surface area contributed by atoms with Crippen LogP contribution >= 0.6 is 15.9 Å². The van der Waals surface area contributed by atoms with E-state index < -0.39 is 4.83 Å². The zero-order valence-electron chi connectivity index (χ0n) is 3.02. The molecule has 0 aromatic carbocycles. The van der Waals surface area contributed by atoms with Gasteiger partial charge in [-0.15, -0.1) is 6.42 Å². The summed E-state index contributed by atoms with van der Waals surface area (Å²) in [4.78, 5) is 9.14. The van der Waals surface area contributed by atoms with Crippen LogP contribution in [0.3, 0.4) is 0 Å². The van der Waals surface area contributed by atoms with Crippen LogP contribution in [-0.4, -0.2) is 11.1 Å². The van der Waals surface area contributed by atoms with E-state index in [2.05, 4.69) is 21.9 Å². The Kier molecular flexibility index (Phi) is 2.78. The highest BCUT2D eigenvalue weighted by atomic mass is 79.9. The van der Waals surface area contributed by atoms with Crippen LogP contribution in [0.2, 0.25) is 0 Å². The molecule has 1 nitrogen and oxygen atoms in total. The predicted octanol–water partition coefficient (Wildman–Crippen LogP) is 0.582. The molecule has 0 amide bonds. The van der Waals surface area contributed by atoms with Crippen molar-refractivity contribution in [2.45, 2.75) is 4.83 Å². The summed E-state index contributed by atoms with van der Waals surface area (Å²) < 4.78 is 0. The Bertz CT molecular complexity index is 82.0. The predicted molar refractivity (Wildman–Crippen MR) is 27.6 cm³/mol. The molecule has 0 aliphatic carbocycles. The van der Waals surface area contributed by atoms with Crippen molar-refractivity contribution in [3.63, 3.8) is 0 Å².